The van der Waals surface area contributed by atoms with Crippen molar-refractivity contribution in [1.29, 1.82) is 0 Å². The average molecular weight is 360 g/mol. The van der Waals surface area contributed by atoms with Crippen LogP contribution in [0.15, 0.2) is 12.1 Å². The van der Waals surface area contributed by atoms with Crippen LogP contribution in [0.25, 0.3) is 0 Å². The van der Waals surface area contributed by atoms with Gasteiger partial charge in [-0.25, -0.2) is 0 Å². The van der Waals surface area contributed by atoms with E-state index in [1.807, 2.05) is 12.1 Å². The summed E-state index contributed by atoms with van der Waals surface area (Å²) in [6.45, 7) is 1.27. The zero-order chi connectivity index (χ0) is 18.5. The molecule has 0 spiro atoms. The van der Waals surface area contributed by atoms with Crippen LogP contribution in [0, 0.1) is 5.92 Å². The number of ether oxygens (including phenoxy) is 2. The molecule has 1 saturated carbocycles. The van der Waals surface area contributed by atoms with Gasteiger partial charge in [-0.05, 0) is 42.5 Å². The van der Waals surface area contributed by atoms with Gasteiger partial charge in [0.05, 0.1) is 20.8 Å². The lowest BCUT2D eigenvalue weighted by Crippen LogP contribution is -2.44. The lowest BCUT2D eigenvalue weighted by molar-refractivity contribution is -0.134. The van der Waals surface area contributed by atoms with Crippen molar-refractivity contribution in [3.63, 3.8) is 0 Å². The second-order valence-corrected chi connectivity index (χ2v) is 7.09. The number of carbonyl (C=O) groups excluding carboxylic acids is 2. The highest BCUT2D eigenvalue weighted by molar-refractivity contribution is 5.86. The maximum atomic E-state index is 12.5. The molecule has 26 heavy (non-hydrogen) atoms. The van der Waals surface area contributed by atoms with Crippen LogP contribution >= 0.6 is 0 Å². The highest BCUT2D eigenvalue weighted by Crippen LogP contribution is 2.33. The van der Waals surface area contributed by atoms with Crippen LogP contribution in [0.2, 0.25) is 0 Å². The molecular weight excluding hydrogens is 332 g/mol. The lowest BCUT2D eigenvalue weighted by atomic mass is 9.89. The molecule has 0 atom stereocenters. The molecule has 0 radical (unpaired) electrons. The van der Waals surface area contributed by atoms with Crippen LogP contribution in [-0.2, 0) is 22.6 Å². The molecule has 1 aliphatic carbocycles. The Morgan fingerprint density at radius 2 is 1.73 bits per heavy atom. The minimum atomic E-state index is -0.0328. The molecule has 0 aromatic heterocycles. The van der Waals surface area contributed by atoms with Crippen LogP contribution in [-0.4, -0.2) is 44.0 Å². The third-order valence-electron chi connectivity index (χ3n) is 5.46. The lowest BCUT2D eigenvalue weighted by Gasteiger charge is -2.30. The van der Waals surface area contributed by atoms with Crippen molar-refractivity contribution in [3.8, 4) is 11.5 Å². The van der Waals surface area contributed by atoms with Gasteiger partial charge in [0.2, 0.25) is 11.8 Å². The van der Waals surface area contributed by atoms with Crippen molar-refractivity contribution in [3.05, 3.63) is 23.3 Å². The minimum absolute atomic E-state index is 0.0295. The Labute approximate surface area is 154 Å². The highest BCUT2D eigenvalue weighted by atomic mass is 16.5. The Hall–Kier alpha value is -2.24. The molecule has 1 N–H and O–H groups in total. The molecule has 0 unspecified atom stereocenters. The van der Waals surface area contributed by atoms with E-state index >= 15 is 0 Å². The molecule has 2 aliphatic rings. The summed E-state index contributed by atoms with van der Waals surface area (Å²) in [6, 6.07) is 3.93. The first-order chi connectivity index (χ1) is 12.6. The number of nitrogens with one attached hydrogen (secondary N) is 1. The zero-order valence-electron chi connectivity index (χ0n) is 15.7. The van der Waals surface area contributed by atoms with E-state index in [-0.39, 0.29) is 24.3 Å². The number of rotatable bonds is 5. The van der Waals surface area contributed by atoms with E-state index in [1.54, 1.807) is 19.1 Å². The molecule has 0 saturated heterocycles. The van der Waals surface area contributed by atoms with Crippen LogP contribution in [0.5, 0.6) is 11.5 Å². The van der Waals surface area contributed by atoms with E-state index < -0.39 is 0 Å². The van der Waals surface area contributed by atoms with Crippen molar-refractivity contribution in [2.24, 2.45) is 5.92 Å². The third kappa shape index (κ3) is 4.11. The van der Waals surface area contributed by atoms with Gasteiger partial charge >= 0.3 is 0 Å². The molecule has 1 aromatic rings. The molecule has 142 valence electrons. The molecule has 1 aromatic carbocycles. The van der Waals surface area contributed by atoms with E-state index in [0.717, 1.165) is 37.7 Å². The third-order valence-corrected chi connectivity index (χ3v) is 5.46. The maximum absolute atomic E-state index is 12.5. The zero-order valence-corrected chi connectivity index (χ0v) is 15.7. The Kier molecular flexibility index (Phi) is 6.01. The topological polar surface area (TPSA) is 67.9 Å². The van der Waals surface area contributed by atoms with Gasteiger partial charge in [0.1, 0.15) is 0 Å². The van der Waals surface area contributed by atoms with Gasteiger partial charge in [-0.2, -0.15) is 0 Å². The fraction of sp³-hybridized carbons (Fsp3) is 0.600. The SMILES string of the molecule is COc1cc2c(cc1OC)CN(C(=O)CNC(=O)C1CCCCC1)CC2. The Bertz CT molecular complexity index is 668. The summed E-state index contributed by atoms with van der Waals surface area (Å²) in [6.07, 6.45) is 6.10. The highest BCUT2D eigenvalue weighted by Gasteiger charge is 2.25. The largest absolute Gasteiger partial charge is 0.493 e. The molecule has 6 nitrogen and oxygen atoms in total. The first-order valence-corrected chi connectivity index (χ1v) is 9.41. The van der Waals surface area contributed by atoms with E-state index in [1.165, 1.54) is 12.0 Å². The van der Waals surface area contributed by atoms with Gasteiger partial charge in [-0.15, -0.1) is 0 Å². The summed E-state index contributed by atoms with van der Waals surface area (Å²) in [5.41, 5.74) is 2.25. The number of carbonyl (C=O) groups is 2. The number of methoxy groups -OCH3 is 2. The van der Waals surface area contributed by atoms with E-state index in [0.29, 0.717) is 24.6 Å². The molecule has 6 heteroatoms. The number of fused-ring (bicyclic) bond motifs is 1. The maximum Gasteiger partial charge on any atom is 0.242 e. The second-order valence-electron chi connectivity index (χ2n) is 7.09. The number of amides is 2. The summed E-state index contributed by atoms with van der Waals surface area (Å²) < 4.78 is 10.7. The Balaban J connectivity index is 1.57. The molecule has 1 heterocycles. The standard InChI is InChI=1S/C20H28N2O4/c1-25-17-10-15-8-9-22(13-16(15)11-18(17)26-2)19(23)12-21-20(24)14-6-4-3-5-7-14/h10-11,14H,3-9,12-13H2,1-2H3,(H,21,24). The molecular formula is C20H28N2O4. The van der Waals surface area contributed by atoms with Gasteiger partial charge in [-0.3, -0.25) is 9.59 Å². The minimum Gasteiger partial charge on any atom is -0.493 e. The first kappa shape index (κ1) is 18.5. The second kappa shape index (κ2) is 8.43. The Morgan fingerprint density at radius 3 is 2.38 bits per heavy atom. The van der Waals surface area contributed by atoms with Gasteiger partial charge < -0.3 is 19.7 Å². The van der Waals surface area contributed by atoms with E-state index in [2.05, 4.69) is 5.32 Å². The number of nitrogens with zero attached hydrogens (tertiary/aromatic N) is 1. The average Bonchev–Trinajstić information content (AvgIpc) is 2.70. The smallest absolute Gasteiger partial charge is 0.242 e. The predicted octanol–water partition coefficient (Wildman–Crippen LogP) is 2.29. The van der Waals surface area contributed by atoms with Crippen molar-refractivity contribution < 1.29 is 19.1 Å². The summed E-state index contributed by atoms with van der Waals surface area (Å²) in [7, 11) is 3.23. The molecule has 0 bridgehead atoms. The van der Waals surface area contributed by atoms with Crippen molar-refractivity contribution in [2.75, 3.05) is 27.3 Å². The summed E-state index contributed by atoms with van der Waals surface area (Å²) in [5, 5.41) is 2.84. The Morgan fingerprint density at radius 1 is 1.08 bits per heavy atom. The summed E-state index contributed by atoms with van der Waals surface area (Å²) >= 11 is 0. The predicted molar refractivity (Wildman–Crippen MR) is 98.3 cm³/mol. The molecule has 1 fully saturated rings. The van der Waals surface area contributed by atoms with Crippen molar-refractivity contribution in [1.82, 2.24) is 10.2 Å². The van der Waals surface area contributed by atoms with Crippen molar-refractivity contribution >= 4 is 11.8 Å². The molecule has 2 amide bonds. The van der Waals surface area contributed by atoms with Crippen LogP contribution in [0.4, 0.5) is 0 Å². The van der Waals surface area contributed by atoms with Crippen LogP contribution in [0.1, 0.15) is 43.2 Å². The van der Waals surface area contributed by atoms with Crippen molar-refractivity contribution in [2.45, 2.75) is 45.1 Å². The van der Waals surface area contributed by atoms with Gasteiger partial charge in [-0.1, -0.05) is 19.3 Å². The first-order valence-electron chi connectivity index (χ1n) is 9.41. The fourth-order valence-corrected chi connectivity index (χ4v) is 3.88. The monoisotopic (exact) mass is 360 g/mol. The normalized spacial score (nSPS) is 17.4. The van der Waals surface area contributed by atoms with Gasteiger partial charge in [0, 0.05) is 19.0 Å². The summed E-state index contributed by atoms with van der Waals surface area (Å²) in [4.78, 5) is 26.6. The summed E-state index contributed by atoms with van der Waals surface area (Å²) in [5.74, 6) is 1.46. The fourth-order valence-electron chi connectivity index (χ4n) is 3.88. The van der Waals surface area contributed by atoms with Gasteiger partial charge in [0.15, 0.2) is 11.5 Å². The van der Waals surface area contributed by atoms with Gasteiger partial charge in [0.25, 0.3) is 0 Å². The van der Waals surface area contributed by atoms with E-state index in [9.17, 15) is 9.59 Å². The molecule has 3 rings (SSSR count). The quantitative estimate of drug-likeness (QED) is 0.875. The van der Waals surface area contributed by atoms with E-state index in [4.69, 9.17) is 9.47 Å². The van der Waals surface area contributed by atoms with Crippen LogP contribution < -0.4 is 14.8 Å². The number of benzene rings is 1. The number of hydrogen-bond donors (Lipinski definition) is 1. The molecule has 1 aliphatic heterocycles. The number of hydrogen-bond acceptors (Lipinski definition) is 4. The van der Waals surface area contributed by atoms with Crippen LogP contribution in [0.3, 0.4) is 0 Å².